The van der Waals surface area contributed by atoms with Gasteiger partial charge in [0.1, 0.15) is 11.5 Å². The predicted molar refractivity (Wildman–Crippen MR) is 110 cm³/mol. The highest BCUT2D eigenvalue weighted by molar-refractivity contribution is 6.02. The first-order chi connectivity index (χ1) is 13.7. The van der Waals surface area contributed by atoms with Crippen molar-refractivity contribution in [3.05, 3.63) is 59.7 Å². The minimum absolute atomic E-state index is 0.194. The van der Waals surface area contributed by atoms with Crippen LogP contribution in [-0.4, -0.2) is 46.1 Å². The number of benzene rings is 2. The minimum atomic E-state index is -0.373. The van der Waals surface area contributed by atoms with Gasteiger partial charge in [0.05, 0.1) is 11.8 Å². The van der Waals surface area contributed by atoms with Gasteiger partial charge in [0.15, 0.2) is 0 Å². The zero-order valence-corrected chi connectivity index (χ0v) is 16.3. The standard InChI is InChI=1S/C23H27N3O2/c1-2-12-25-13-10-23(11-14-25)26-21(19-8-3-4-9-22(19)28-23)16-20(24-26)17-6-5-7-18(27)15-17/h3-9,15,21,27H,2,10-14,16H2,1H3. The summed E-state index contributed by atoms with van der Waals surface area (Å²) < 4.78 is 6.65. The second kappa shape index (κ2) is 6.82. The zero-order valence-electron chi connectivity index (χ0n) is 16.3. The van der Waals surface area contributed by atoms with E-state index in [1.165, 1.54) is 12.0 Å². The van der Waals surface area contributed by atoms with E-state index in [4.69, 9.17) is 9.84 Å². The van der Waals surface area contributed by atoms with Crippen LogP contribution in [0.5, 0.6) is 11.5 Å². The Labute approximate surface area is 166 Å². The Balaban J connectivity index is 1.52. The van der Waals surface area contributed by atoms with E-state index in [-0.39, 0.29) is 17.5 Å². The lowest BCUT2D eigenvalue weighted by molar-refractivity contribution is -0.149. The SMILES string of the molecule is CCCN1CCC2(CC1)Oc1ccccc1C1CC(c3cccc(O)c3)=NN12. The Morgan fingerprint density at radius 1 is 1.14 bits per heavy atom. The molecule has 1 unspecified atom stereocenters. The molecule has 28 heavy (non-hydrogen) atoms. The number of phenolic OH excluding ortho intramolecular Hbond substituents is 1. The average molecular weight is 377 g/mol. The molecule has 0 aliphatic carbocycles. The summed E-state index contributed by atoms with van der Waals surface area (Å²) in [7, 11) is 0. The van der Waals surface area contributed by atoms with E-state index >= 15 is 0 Å². The molecule has 3 aliphatic heterocycles. The van der Waals surface area contributed by atoms with Gasteiger partial charge in [0.2, 0.25) is 5.72 Å². The van der Waals surface area contributed by atoms with Gasteiger partial charge in [-0.25, -0.2) is 5.01 Å². The van der Waals surface area contributed by atoms with E-state index in [1.54, 1.807) is 12.1 Å². The van der Waals surface area contributed by atoms with E-state index < -0.39 is 0 Å². The molecule has 3 heterocycles. The number of likely N-dealkylation sites (tertiary alicyclic amines) is 1. The van der Waals surface area contributed by atoms with Crippen molar-refractivity contribution in [3.8, 4) is 11.5 Å². The number of rotatable bonds is 3. The molecule has 146 valence electrons. The van der Waals surface area contributed by atoms with Crippen molar-refractivity contribution < 1.29 is 9.84 Å². The van der Waals surface area contributed by atoms with Crippen LogP contribution in [-0.2, 0) is 0 Å². The second-order valence-electron chi connectivity index (χ2n) is 8.09. The van der Waals surface area contributed by atoms with Gasteiger partial charge in [-0.05, 0) is 31.2 Å². The van der Waals surface area contributed by atoms with Gasteiger partial charge < -0.3 is 14.7 Å². The quantitative estimate of drug-likeness (QED) is 0.873. The maximum atomic E-state index is 9.91. The van der Waals surface area contributed by atoms with Crippen LogP contribution in [0, 0.1) is 0 Å². The molecular weight excluding hydrogens is 350 g/mol. The second-order valence-corrected chi connectivity index (χ2v) is 8.09. The Morgan fingerprint density at radius 2 is 1.96 bits per heavy atom. The Morgan fingerprint density at radius 3 is 2.75 bits per heavy atom. The lowest BCUT2D eigenvalue weighted by Gasteiger charge is -2.51. The molecule has 0 radical (unpaired) electrons. The fraction of sp³-hybridized carbons (Fsp3) is 0.435. The van der Waals surface area contributed by atoms with Gasteiger partial charge in [-0.15, -0.1) is 0 Å². The molecule has 1 spiro atoms. The molecule has 5 nitrogen and oxygen atoms in total. The molecule has 0 aromatic heterocycles. The first-order valence-electron chi connectivity index (χ1n) is 10.3. The third kappa shape index (κ3) is 2.85. The first kappa shape index (κ1) is 17.6. The molecule has 5 heteroatoms. The van der Waals surface area contributed by atoms with Crippen molar-refractivity contribution in [2.45, 2.75) is 44.4 Å². The van der Waals surface area contributed by atoms with Gasteiger partial charge >= 0.3 is 0 Å². The summed E-state index contributed by atoms with van der Waals surface area (Å²) in [6.07, 6.45) is 3.93. The maximum Gasteiger partial charge on any atom is 0.200 e. The summed E-state index contributed by atoms with van der Waals surface area (Å²) in [6, 6.07) is 16.0. The minimum Gasteiger partial charge on any atom is -0.508 e. The van der Waals surface area contributed by atoms with E-state index in [9.17, 15) is 5.11 Å². The van der Waals surface area contributed by atoms with Gasteiger partial charge in [0.25, 0.3) is 0 Å². The van der Waals surface area contributed by atoms with Crippen LogP contribution in [0.25, 0.3) is 0 Å². The topological polar surface area (TPSA) is 48.3 Å². The third-order valence-electron chi connectivity index (χ3n) is 6.26. The fourth-order valence-corrected chi connectivity index (χ4v) is 4.86. The summed E-state index contributed by atoms with van der Waals surface area (Å²) in [6.45, 7) is 5.46. The van der Waals surface area contributed by atoms with Crippen LogP contribution in [0.15, 0.2) is 53.6 Å². The molecule has 3 aliphatic rings. The summed E-state index contributed by atoms with van der Waals surface area (Å²) in [5.74, 6) is 1.28. The Hall–Kier alpha value is -2.53. The van der Waals surface area contributed by atoms with E-state index in [0.717, 1.165) is 55.9 Å². The zero-order chi connectivity index (χ0) is 19.1. The lowest BCUT2D eigenvalue weighted by Crippen LogP contribution is -2.59. The highest BCUT2D eigenvalue weighted by Gasteiger charge is 2.51. The van der Waals surface area contributed by atoms with Crippen LogP contribution < -0.4 is 4.74 Å². The molecular formula is C23H27N3O2. The number of fused-ring (bicyclic) bond motifs is 4. The number of piperidine rings is 1. The molecule has 2 aromatic rings. The number of hydrazone groups is 1. The predicted octanol–water partition coefficient (Wildman–Crippen LogP) is 4.14. The van der Waals surface area contributed by atoms with Crippen molar-refractivity contribution in [1.29, 1.82) is 0 Å². The van der Waals surface area contributed by atoms with Crippen LogP contribution in [0.4, 0.5) is 0 Å². The van der Waals surface area contributed by atoms with E-state index in [1.807, 2.05) is 12.1 Å². The molecule has 0 bridgehead atoms. The number of hydrogen-bond donors (Lipinski definition) is 1. The van der Waals surface area contributed by atoms with Crippen molar-refractivity contribution in [3.63, 3.8) is 0 Å². The number of hydrogen-bond acceptors (Lipinski definition) is 5. The van der Waals surface area contributed by atoms with E-state index in [2.05, 4.69) is 41.1 Å². The number of nitrogens with zero attached hydrogens (tertiary/aromatic N) is 3. The highest BCUT2D eigenvalue weighted by atomic mass is 16.5. The van der Waals surface area contributed by atoms with E-state index in [0.29, 0.717) is 0 Å². The number of phenols is 1. The number of ether oxygens (including phenoxy) is 1. The number of aromatic hydroxyl groups is 1. The summed E-state index contributed by atoms with van der Waals surface area (Å²) in [5, 5.41) is 17.2. The Bertz CT molecular complexity index is 902. The van der Waals surface area contributed by atoms with Gasteiger partial charge in [-0.3, -0.25) is 0 Å². The van der Waals surface area contributed by atoms with Crippen molar-refractivity contribution in [1.82, 2.24) is 9.91 Å². The summed E-state index contributed by atoms with van der Waals surface area (Å²) in [4.78, 5) is 2.53. The third-order valence-corrected chi connectivity index (χ3v) is 6.26. The normalized spacial score (nSPS) is 23.1. The molecule has 1 fully saturated rings. The van der Waals surface area contributed by atoms with Gasteiger partial charge in [0, 0.05) is 43.5 Å². The largest absolute Gasteiger partial charge is 0.508 e. The summed E-state index contributed by atoms with van der Waals surface area (Å²) in [5.41, 5.74) is 2.85. The monoisotopic (exact) mass is 377 g/mol. The molecule has 1 saturated heterocycles. The maximum absolute atomic E-state index is 9.91. The van der Waals surface area contributed by atoms with Crippen LogP contribution >= 0.6 is 0 Å². The van der Waals surface area contributed by atoms with Crippen LogP contribution in [0.2, 0.25) is 0 Å². The summed E-state index contributed by atoms with van der Waals surface area (Å²) >= 11 is 0. The Kier molecular flexibility index (Phi) is 4.27. The van der Waals surface area contributed by atoms with Crippen LogP contribution in [0.3, 0.4) is 0 Å². The number of para-hydroxylation sites is 1. The molecule has 1 atom stereocenters. The van der Waals surface area contributed by atoms with Crippen molar-refractivity contribution >= 4 is 5.71 Å². The van der Waals surface area contributed by atoms with Crippen LogP contribution in [0.1, 0.15) is 49.8 Å². The molecule has 0 saturated carbocycles. The average Bonchev–Trinajstić information content (AvgIpc) is 3.17. The van der Waals surface area contributed by atoms with Gasteiger partial charge in [-0.1, -0.05) is 37.3 Å². The highest BCUT2D eigenvalue weighted by Crippen LogP contribution is 2.49. The molecule has 0 amide bonds. The fourth-order valence-electron chi connectivity index (χ4n) is 4.86. The van der Waals surface area contributed by atoms with Gasteiger partial charge in [-0.2, -0.15) is 5.10 Å². The molecule has 1 N–H and O–H groups in total. The molecule has 2 aromatic carbocycles. The smallest absolute Gasteiger partial charge is 0.200 e. The first-order valence-corrected chi connectivity index (χ1v) is 10.3. The molecule has 5 rings (SSSR count). The van der Waals surface area contributed by atoms with Crippen molar-refractivity contribution in [2.24, 2.45) is 5.10 Å². The lowest BCUT2D eigenvalue weighted by atomic mass is 9.90. The van der Waals surface area contributed by atoms with Crippen molar-refractivity contribution in [2.75, 3.05) is 19.6 Å².